The third kappa shape index (κ3) is 3.29. The fourth-order valence-electron chi connectivity index (χ4n) is 2.71. The summed E-state index contributed by atoms with van der Waals surface area (Å²) in [6.45, 7) is 4.57. The minimum absolute atomic E-state index is 0.00144. The zero-order valence-corrected chi connectivity index (χ0v) is 12.9. The first-order chi connectivity index (χ1) is 9.56. The predicted octanol–water partition coefficient (Wildman–Crippen LogP) is 1.11. The van der Waals surface area contributed by atoms with Gasteiger partial charge >= 0.3 is 0 Å². The summed E-state index contributed by atoms with van der Waals surface area (Å²) in [7, 11) is 0. The van der Waals surface area contributed by atoms with Crippen molar-refractivity contribution >= 4 is 23.6 Å². The Morgan fingerprint density at radius 1 is 1.45 bits per heavy atom. The van der Waals surface area contributed by atoms with E-state index in [9.17, 15) is 9.59 Å². The van der Waals surface area contributed by atoms with Crippen LogP contribution in [0.3, 0.4) is 0 Å². The molecule has 2 atom stereocenters. The van der Waals surface area contributed by atoms with Gasteiger partial charge in [0.25, 0.3) is 0 Å². The summed E-state index contributed by atoms with van der Waals surface area (Å²) in [4.78, 5) is 26.6. The van der Waals surface area contributed by atoms with E-state index >= 15 is 0 Å². The van der Waals surface area contributed by atoms with Crippen LogP contribution in [0.1, 0.15) is 26.7 Å². The molecule has 1 aliphatic carbocycles. The van der Waals surface area contributed by atoms with Crippen molar-refractivity contribution in [1.29, 1.82) is 0 Å². The monoisotopic (exact) mass is 294 g/mol. The minimum Gasteiger partial charge on any atom is -0.342 e. The van der Waals surface area contributed by atoms with E-state index in [0.29, 0.717) is 18.2 Å². The molecule has 2 rings (SSSR count). The molecule has 0 bridgehead atoms. The number of amides is 2. The van der Waals surface area contributed by atoms with E-state index in [-0.39, 0.29) is 29.8 Å². The number of rotatable bonds is 6. The molecule has 0 aromatic heterocycles. The average Bonchev–Trinajstić information content (AvgIpc) is 3.21. The fraction of sp³-hybridized carbons (Fsp3) is 0.733. The van der Waals surface area contributed by atoms with Crippen molar-refractivity contribution in [2.45, 2.75) is 38.8 Å². The van der Waals surface area contributed by atoms with E-state index < -0.39 is 0 Å². The molecule has 1 N–H and O–H groups in total. The number of hydrogen-bond donors (Lipinski definition) is 1. The molecule has 1 saturated carbocycles. The Balaban J connectivity index is 2.05. The molecular weight excluding hydrogens is 272 g/mol. The van der Waals surface area contributed by atoms with Gasteiger partial charge in [-0.05, 0) is 24.7 Å². The largest absolute Gasteiger partial charge is 0.342 e. The second kappa shape index (κ2) is 6.53. The van der Waals surface area contributed by atoms with E-state index in [2.05, 4.69) is 11.2 Å². The van der Waals surface area contributed by atoms with Gasteiger partial charge in [-0.15, -0.1) is 18.2 Å². The van der Waals surface area contributed by atoms with Crippen molar-refractivity contribution in [3.63, 3.8) is 0 Å². The fourth-order valence-corrected chi connectivity index (χ4v) is 3.30. The number of hydrogen-bond acceptors (Lipinski definition) is 3. The Hall–Kier alpha value is -1.15. The lowest BCUT2D eigenvalue weighted by atomic mass is 9.95. The number of nitrogens with one attached hydrogen (secondary N) is 1. The van der Waals surface area contributed by atoms with Gasteiger partial charge in [0, 0.05) is 12.3 Å². The third-order valence-corrected chi connectivity index (χ3v) is 4.68. The van der Waals surface area contributed by atoms with Gasteiger partial charge in [-0.1, -0.05) is 19.8 Å². The smallest absolute Gasteiger partial charge is 0.246 e. The summed E-state index contributed by atoms with van der Waals surface area (Å²) < 4.78 is 0. The van der Waals surface area contributed by atoms with Crippen molar-refractivity contribution in [1.82, 2.24) is 10.2 Å². The summed E-state index contributed by atoms with van der Waals surface area (Å²) in [6, 6.07) is -0.640. The van der Waals surface area contributed by atoms with Crippen LogP contribution in [0.4, 0.5) is 0 Å². The lowest BCUT2D eigenvalue weighted by Crippen LogP contribution is -2.65. The Morgan fingerprint density at radius 3 is 2.70 bits per heavy atom. The Bertz CT molecular complexity index is 426. The van der Waals surface area contributed by atoms with Crippen molar-refractivity contribution in [3.8, 4) is 12.3 Å². The zero-order valence-electron chi connectivity index (χ0n) is 12.1. The molecule has 0 aromatic rings. The summed E-state index contributed by atoms with van der Waals surface area (Å²) in [6.07, 6.45) is 7.32. The standard InChI is InChI=1S/C15H22N2O2S/c1-4-8-20-9-7-17-13(10(2)3)14(18)16-12(15(17)19)11-5-6-11/h1,10-13H,5-9H2,2-3H3,(H,16,18). The van der Waals surface area contributed by atoms with Crippen LogP contribution in [0.15, 0.2) is 0 Å². The number of nitrogens with zero attached hydrogens (tertiary/aromatic N) is 1. The van der Waals surface area contributed by atoms with Gasteiger partial charge in [0.15, 0.2) is 0 Å². The van der Waals surface area contributed by atoms with Gasteiger partial charge in [0.2, 0.25) is 11.8 Å². The van der Waals surface area contributed by atoms with Crippen LogP contribution in [0.5, 0.6) is 0 Å². The van der Waals surface area contributed by atoms with Crippen LogP contribution in [-0.4, -0.2) is 46.8 Å². The van der Waals surface area contributed by atoms with E-state index in [0.717, 1.165) is 18.6 Å². The van der Waals surface area contributed by atoms with Gasteiger partial charge in [0.1, 0.15) is 12.1 Å². The molecule has 0 radical (unpaired) electrons. The molecule has 2 amide bonds. The van der Waals surface area contributed by atoms with Crippen LogP contribution >= 0.6 is 11.8 Å². The minimum atomic E-state index is -0.344. The van der Waals surface area contributed by atoms with Crippen molar-refractivity contribution < 1.29 is 9.59 Å². The lowest BCUT2D eigenvalue weighted by molar-refractivity contribution is -0.151. The van der Waals surface area contributed by atoms with Crippen molar-refractivity contribution in [2.75, 3.05) is 18.1 Å². The normalized spacial score (nSPS) is 26.6. The summed E-state index contributed by atoms with van der Waals surface area (Å²) in [5.74, 6) is 4.56. The van der Waals surface area contributed by atoms with Gasteiger partial charge in [-0.25, -0.2) is 0 Å². The van der Waals surface area contributed by atoms with E-state index in [1.165, 1.54) is 0 Å². The molecule has 2 fully saturated rings. The molecule has 0 aromatic carbocycles. The number of carbonyl (C=O) groups is 2. The Kier molecular flexibility index (Phi) is 4.98. The summed E-state index contributed by atoms with van der Waals surface area (Å²) >= 11 is 1.63. The third-order valence-electron chi connectivity index (χ3n) is 3.84. The Morgan fingerprint density at radius 2 is 2.15 bits per heavy atom. The maximum absolute atomic E-state index is 12.6. The van der Waals surface area contributed by atoms with E-state index in [1.54, 1.807) is 16.7 Å². The molecule has 4 nitrogen and oxygen atoms in total. The van der Waals surface area contributed by atoms with Crippen LogP contribution in [0, 0.1) is 24.2 Å². The second-order valence-corrected chi connectivity index (χ2v) is 6.91. The number of thioether (sulfide) groups is 1. The van der Waals surface area contributed by atoms with Crippen LogP contribution in [0.25, 0.3) is 0 Å². The molecule has 110 valence electrons. The maximum Gasteiger partial charge on any atom is 0.246 e. The Labute approximate surface area is 125 Å². The topological polar surface area (TPSA) is 49.4 Å². The molecule has 1 aliphatic heterocycles. The number of terminal acetylenes is 1. The quantitative estimate of drug-likeness (QED) is 0.590. The van der Waals surface area contributed by atoms with Crippen molar-refractivity contribution in [2.24, 2.45) is 11.8 Å². The van der Waals surface area contributed by atoms with Gasteiger partial charge in [-0.3, -0.25) is 9.59 Å². The predicted molar refractivity (Wildman–Crippen MR) is 81.2 cm³/mol. The molecule has 5 heteroatoms. The van der Waals surface area contributed by atoms with Gasteiger partial charge in [0.05, 0.1) is 5.75 Å². The molecular formula is C15H22N2O2S. The first-order valence-electron chi connectivity index (χ1n) is 7.18. The van der Waals surface area contributed by atoms with E-state index in [4.69, 9.17) is 6.42 Å². The van der Waals surface area contributed by atoms with Crippen LogP contribution in [0.2, 0.25) is 0 Å². The van der Waals surface area contributed by atoms with Crippen LogP contribution in [-0.2, 0) is 9.59 Å². The molecule has 2 unspecified atom stereocenters. The molecule has 0 spiro atoms. The van der Waals surface area contributed by atoms with Gasteiger partial charge in [-0.2, -0.15) is 0 Å². The molecule has 2 aliphatic rings. The average molecular weight is 294 g/mol. The summed E-state index contributed by atoms with van der Waals surface area (Å²) in [5.41, 5.74) is 0. The highest BCUT2D eigenvalue weighted by Gasteiger charge is 2.47. The SMILES string of the molecule is C#CCSCCN1C(=O)C(C2CC2)NC(=O)C1C(C)C. The highest BCUT2D eigenvalue weighted by Crippen LogP contribution is 2.35. The van der Waals surface area contributed by atoms with Gasteiger partial charge < -0.3 is 10.2 Å². The highest BCUT2D eigenvalue weighted by atomic mass is 32.2. The number of piperazine rings is 1. The number of carbonyl (C=O) groups excluding carboxylic acids is 2. The van der Waals surface area contributed by atoms with E-state index in [1.807, 2.05) is 13.8 Å². The first kappa shape index (κ1) is 15.2. The summed E-state index contributed by atoms with van der Waals surface area (Å²) in [5, 5.41) is 2.92. The second-order valence-electron chi connectivity index (χ2n) is 5.80. The maximum atomic E-state index is 12.6. The van der Waals surface area contributed by atoms with Crippen LogP contribution < -0.4 is 5.32 Å². The van der Waals surface area contributed by atoms with Crippen molar-refractivity contribution in [3.05, 3.63) is 0 Å². The molecule has 1 heterocycles. The highest BCUT2D eigenvalue weighted by molar-refractivity contribution is 7.99. The molecule has 20 heavy (non-hydrogen) atoms. The lowest BCUT2D eigenvalue weighted by Gasteiger charge is -2.41. The molecule has 1 saturated heterocycles. The first-order valence-corrected chi connectivity index (χ1v) is 8.33. The zero-order chi connectivity index (χ0) is 14.7.